The molecule has 0 heterocycles. The van der Waals surface area contributed by atoms with Crippen LogP contribution in [0.15, 0.2) is 12.2 Å². The third-order valence-corrected chi connectivity index (χ3v) is 12.5. The second-order valence-electron chi connectivity index (χ2n) is 13.9. The number of fused-ring (bicyclic) bond motifs is 5. The van der Waals surface area contributed by atoms with Crippen LogP contribution in [0.5, 0.6) is 0 Å². The van der Waals surface area contributed by atoms with Crippen molar-refractivity contribution in [1.29, 1.82) is 0 Å². The Morgan fingerprint density at radius 3 is 2.20 bits per heavy atom. The molecule has 4 aliphatic carbocycles. The highest BCUT2D eigenvalue weighted by Crippen LogP contribution is 2.68. The largest absolute Gasteiger partial charge is 0.397 e. The minimum absolute atomic E-state index is 0.0716. The van der Waals surface area contributed by atoms with Gasteiger partial charge >= 0.3 is 20.8 Å². The number of hydrogen-bond acceptors (Lipinski definition) is 8. The van der Waals surface area contributed by atoms with E-state index in [0.29, 0.717) is 37.5 Å². The zero-order valence-corrected chi connectivity index (χ0v) is 25.7. The fraction of sp³-hybridized carbons (Fsp3) is 0.929. The summed E-state index contributed by atoms with van der Waals surface area (Å²) < 4.78 is 74.0. The van der Waals surface area contributed by atoms with Gasteiger partial charge in [-0.05, 0) is 110 Å². The third kappa shape index (κ3) is 6.34. The Kier molecular flexibility index (Phi) is 9.28. The van der Waals surface area contributed by atoms with Crippen LogP contribution in [0.1, 0.15) is 85.5 Å². The van der Waals surface area contributed by atoms with E-state index in [4.69, 9.17) is 8.37 Å². The number of aliphatic hydroxyl groups is 2. The molecule has 4 rings (SSSR count). The first kappa shape index (κ1) is 32.3. The molecule has 0 aliphatic heterocycles. The Morgan fingerprint density at radius 1 is 0.950 bits per heavy atom. The average Bonchev–Trinajstić information content (AvgIpc) is 3.15. The van der Waals surface area contributed by atoms with Crippen LogP contribution in [0, 0.1) is 52.3 Å². The summed E-state index contributed by atoms with van der Waals surface area (Å²) in [6.45, 7) is 12.5. The molecule has 0 radical (unpaired) electrons. The van der Waals surface area contributed by atoms with Crippen LogP contribution < -0.4 is 0 Å². The van der Waals surface area contributed by atoms with E-state index in [9.17, 15) is 36.2 Å². The van der Waals surface area contributed by atoms with E-state index in [1.165, 1.54) is 0 Å². The van der Waals surface area contributed by atoms with Crippen LogP contribution in [-0.4, -0.2) is 61.1 Å². The van der Waals surface area contributed by atoms with Gasteiger partial charge in [-0.25, -0.2) is 8.37 Å². The standard InChI is InChI=1S/C28H48O10S2/c1-16(2)17(3)6-7-18(15-37-39(31,32)33)20-10-11-21-19-8-9-22-26(30)24(38-40(34,35)36)12-13-27(22,4)25(19)23(29)14-28(20,21)5/h16,18-26,29-30H,3,6-15H2,1-2,4-5H3,(H,31,32,33)(H,34,35,36). The topological polar surface area (TPSA) is 168 Å². The Bertz CT molecular complexity index is 1150. The van der Waals surface area contributed by atoms with Crippen LogP contribution in [0.2, 0.25) is 0 Å². The monoisotopic (exact) mass is 608 g/mol. The van der Waals surface area contributed by atoms with E-state index in [2.05, 4.69) is 34.3 Å². The molecular weight excluding hydrogens is 560 g/mol. The maximum atomic E-state index is 11.8. The van der Waals surface area contributed by atoms with Crippen molar-refractivity contribution in [2.75, 3.05) is 6.61 Å². The van der Waals surface area contributed by atoms with E-state index in [1.54, 1.807) is 0 Å². The smallest absolute Gasteiger partial charge is 0.393 e. The van der Waals surface area contributed by atoms with E-state index in [1.807, 2.05) is 0 Å². The normalized spacial score (nSPS) is 42.6. The molecule has 0 aromatic heterocycles. The van der Waals surface area contributed by atoms with Gasteiger partial charge in [0.25, 0.3) is 0 Å². The maximum Gasteiger partial charge on any atom is 0.397 e. The molecular formula is C28H48O10S2. The molecule has 0 bridgehead atoms. The van der Waals surface area contributed by atoms with Crippen LogP contribution >= 0.6 is 0 Å². The van der Waals surface area contributed by atoms with E-state index in [0.717, 1.165) is 31.3 Å². The molecule has 0 aromatic rings. The summed E-state index contributed by atoms with van der Waals surface area (Å²) >= 11 is 0. The fourth-order valence-corrected chi connectivity index (χ4v) is 10.6. The highest BCUT2D eigenvalue weighted by atomic mass is 32.3. The molecule has 4 fully saturated rings. The summed E-state index contributed by atoms with van der Waals surface area (Å²) in [7, 11) is -9.27. The second-order valence-corrected chi connectivity index (χ2v) is 16.0. The molecule has 10 nitrogen and oxygen atoms in total. The second kappa shape index (κ2) is 11.5. The third-order valence-electron chi connectivity index (χ3n) is 11.6. The first-order valence-corrected chi connectivity index (χ1v) is 17.4. The van der Waals surface area contributed by atoms with Gasteiger partial charge in [0.2, 0.25) is 0 Å². The summed E-state index contributed by atoms with van der Waals surface area (Å²) in [6.07, 6.45) is 3.35. The van der Waals surface area contributed by atoms with Crippen LogP contribution in [-0.2, 0) is 29.2 Å². The van der Waals surface area contributed by atoms with Crippen molar-refractivity contribution in [3.05, 3.63) is 12.2 Å². The van der Waals surface area contributed by atoms with E-state index < -0.39 is 44.5 Å². The molecule has 4 N–H and O–H groups in total. The predicted octanol–water partition coefficient (Wildman–Crippen LogP) is 4.20. The first-order chi connectivity index (χ1) is 18.4. The number of hydrogen-bond donors (Lipinski definition) is 4. The van der Waals surface area contributed by atoms with Crippen molar-refractivity contribution in [2.24, 2.45) is 52.3 Å². The maximum absolute atomic E-state index is 11.8. The molecule has 0 amide bonds. The van der Waals surface area contributed by atoms with E-state index in [-0.39, 0.29) is 48.0 Å². The van der Waals surface area contributed by atoms with Crippen molar-refractivity contribution in [3.63, 3.8) is 0 Å². The molecule has 4 aliphatic rings. The lowest BCUT2D eigenvalue weighted by molar-refractivity contribution is -0.205. The zero-order chi connectivity index (χ0) is 29.8. The Labute approximate surface area is 239 Å². The van der Waals surface area contributed by atoms with Gasteiger partial charge in [-0.15, -0.1) is 0 Å². The van der Waals surface area contributed by atoms with E-state index >= 15 is 0 Å². The van der Waals surface area contributed by atoms with Gasteiger partial charge in [0.15, 0.2) is 0 Å². The van der Waals surface area contributed by atoms with Gasteiger partial charge < -0.3 is 10.2 Å². The van der Waals surface area contributed by atoms with Gasteiger partial charge in [-0.1, -0.05) is 39.8 Å². The minimum Gasteiger partial charge on any atom is -0.393 e. The summed E-state index contributed by atoms with van der Waals surface area (Å²) in [5.74, 6) is 0.453. The lowest BCUT2D eigenvalue weighted by Gasteiger charge is -2.63. The quantitative estimate of drug-likeness (QED) is 0.208. The van der Waals surface area contributed by atoms with Crippen molar-refractivity contribution in [2.45, 2.75) is 104 Å². The highest BCUT2D eigenvalue weighted by Gasteiger charge is 2.65. The van der Waals surface area contributed by atoms with Gasteiger partial charge in [-0.3, -0.25) is 9.11 Å². The fourth-order valence-electron chi connectivity index (χ4n) is 9.74. The molecule has 0 saturated heterocycles. The van der Waals surface area contributed by atoms with Gasteiger partial charge in [0.05, 0.1) is 18.8 Å². The molecule has 232 valence electrons. The van der Waals surface area contributed by atoms with Crippen molar-refractivity contribution < 1.29 is 44.5 Å². The van der Waals surface area contributed by atoms with Gasteiger partial charge in [0.1, 0.15) is 6.10 Å². The average molecular weight is 609 g/mol. The minimum atomic E-state index is -4.69. The summed E-state index contributed by atoms with van der Waals surface area (Å²) in [4.78, 5) is 0. The molecule has 12 heteroatoms. The van der Waals surface area contributed by atoms with Crippen molar-refractivity contribution >= 4 is 20.8 Å². The molecule has 11 atom stereocenters. The van der Waals surface area contributed by atoms with Crippen molar-refractivity contribution in [3.8, 4) is 0 Å². The van der Waals surface area contributed by atoms with Gasteiger partial charge in [-0.2, -0.15) is 16.8 Å². The van der Waals surface area contributed by atoms with Crippen LogP contribution in [0.3, 0.4) is 0 Å². The molecule has 4 saturated carbocycles. The van der Waals surface area contributed by atoms with Crippen LogP contribution in [0.4, 0.5) is 0 Å². The summed E-state index contributed by atoms with van der Waals surface area (Å²) in [5.41, 5.74) is 0.418. The Hall–Kier alpha value is -0.600. The van der Waals surface area contributed by atoms with Crippen molar-refractivity contribution in [1.82, 2.24) is 0 Å². The summed E-state index contributed by atoms with van der Waals surface area (Å²) in [6, 6.07) is 0. The highest BCUT2D eigenvalue weighted by molar-refractivity contribution is 7.81. The lowest BCUT2D eigenvalue weighted by Crippen LogP contribution is -2.62. The summed E-state index contributed by atoms with van der Waals surface area (Å²) in [5, 5.41) is 22.9. The molecule has 40 heavy (non-hydrogen) atoms. The lowest BCUT2D eigenvalue weighted by atomic mass is 9.43. The molecule has 0 spiro atoms. The number of aliphatic hydroxyl groups excluding tert-OH is 2. The molecule has 11 unspecified atom stereocenters. The Balaban J connectivity index is 1.57. The SMILES string of the molecule is C=C(CCC(COS(=O)(=O)O)C1CCC2C3CCC4C(O)C(OS(=O)(=O)O)CCC4(C)C3C(O)CC12C)C(C)C. The molecule has 0 aromatic carbocycles. The van der Waals surface area contributed by atoms with Gasteiger partial charge in [0, 0.05) is 0 Å². The first-order valence-electron chi connectivity index (χ1n) is 14.7. The number of allylic oxidation sites excluding steroid dienone is 1. The predicted molar refractivity (Wildman–Crippen MR) is 149 cm³/mol. The Morgan fingerprint density at radius 2 is 1.60 bits per heavy atom. The zero-order valence-electron chi connectivity index (χ0n) is 24.1. The van der Waals surface area contributed by atoms with Crippen LogP contribution in [0.25, 0.3) is 0 Å². The number of rotatable bonds is 10.